The first-order chi connectivity index (χ1) is 25.3. The van der Waals surface area contributed by atoms with Crippen LogP contribution in [0.4, 0.5) is 35.1 Å². The molecular weight excluding hydrogens is 724 g/mol. The zero-order valence-electron chi connectivity index (χ0n) is 28.1. The Balaban J connectivity index is 1.14. The lowest BCUT2D eigenvalue weighted by atomic mass is 10.1. The number of carbonyl (C=O) groups is 3. The standard InChI is InChI=1S/C35H35ClF4N8O5/c36-25-8-6-24(7-9-25)34(14-15-34)47-32-44-31(45-33(46-32)53-21-35(38,39)40)43-27-12-4-23(5-13-27)28(50)41-16-1-17-48(18-19-49)30(52)29(51)42-20-22-2-10-26(37)11-3-22/h2-13,49H,1,14-21H2,(H,41,50)(H,42,51)(H2,43,44,45,46,47). The van der Waals surface area contributed by atoms with Crippen LogP contribution in [0.3, 0.4) is 0 Å². The number of aliphatic hydroxyl groups excluding tert-OH is 1. The Morgan fingerprint density at radius 1 is 0.887 bits per heavy atom. The maximum Gasteiger partial charge on any atom is 0.422 e. The van der Waals surface area contributed by atoms with Crippen molar-refractivity contribution >= 4 is 46.9 Å². The Labute approximate surface area is 306 Å². The average Bonchev–Trinajstić information content (AvgIpc) is 3.91. The van der Waals surface area contributed by atoms with E-state index in [0.717, 1.165) is 23.3 Å². The van der Waals surface area contributed by atoms with Gasteiger partial charge in [-0.25, -0.2) is 4.39 Å². The Bertz CT molecular complexity index is 1880. The molecule has 0 spiro atoms. The number of rotatable bonds is 16. The van der Waals surface area contributed by atoms with Crippen LogP contribution in [0, 0.1) is 5.82 Å². The summed E-state index contributed by atoms with van der Waals surface area (Å²) in [6.45, 7) is -1.85. The van der Waals surface area contributed by atoms with E-state index in [0.29, 0.717) is 16.3 Å². The van der Waals surface area contributed by atoms with E-state index in [4.69, 9.17) is 16.3 Å². The number of ether oxygens (including phenoxy) is 1. The lowest BCUT2D eigenvalue weighted by Gasteiger charge is -2.21. The topological polar surface area (TPSA) is 171 Å². The van der Waals surface area contributed by atoms with Crippen LogP contribution in [0.15, 0.2) is 72.8 Å². The van der Waals surface area contributed by atoms with E-state index >= 15 is 0 Å². The van der Waals surface area contributed by atoms with Gasteiger partial charge < -0.3 is 36.0 Å². The molecule has 1 fully saturated rings. The predicted octanol–water partition coefficient (Wildman–Crippen LogP) is 4.71. The van der Waals surface area contributed by atoms with Crippen molar-refractivity contribution in [2.24, 2.45) is 0 Å². The third-order valence-corrected chi connectivity index (χ3v) is 8.24. The molecule has 0 aliphatic heterocycles. The summed E-state index contributed by atoms with van der Waals surface area (Å²) in [6.07, 6.45) is -2.90. The first-order valence-electron chi connectivity index (χ1n) is 16.4. The van der Waals surface area contributed by atoms with Crippen LogP contribution in [0.25, 0.3) is 0 Å². The largest absolute Gasteiger partial charge is 0.454 e. The lowest BCUT2D eigenvalue weighted by molar-refractivity contribution is -0.154. The highest BCUT2D eigenvalue weighted by molar-refractivity contribution is 6.35. The van der Waals surface area contributed by atoms with E-state index in [1.807, 2.05) is 12.1 Å². The number of aliphatic hydroxyl groups is 1. The number of amides is 3. The van der Waals surface area contributed by atoms with Crippen LogP contribution in [0.5, 0.6) is 6.01 Å². The summed E-state index contributed by atoms with van der Waals surface area (Å²) in [4.78, 5) is 51.3. The Hall–Kier alpha value is -5.55. The summed E-state index contributed by atoms with van der Waals surface area (Å²) >= 11 is 6.02. The smallest absolute Gasteiger partial charge is 0.422 e. The summed E-state index contributed by atoms with van der Waals surface area (Å²) in [7, 11) is 0. The van der Waals surface area contributed by atoms with Crippen molar-refractivity contribution in [3.63, 3.8) is 0 Å². The second kappa shape index (κ2) is 17.3. The molecule has 1 aliphatic rings. The van der Waals surface area contributed by atoms with Gasteiger partial charge in [-0.1, -0.05) is 35.9 Å². The molecule has 4 aromatic rings. The molecule has 53 heavy (non-hydrogen) atoms. The molecule has 1 aromatic heterocycles. The number of nitrogens with one attached hydrogen (secondary N) is 4. The number of hydrogen-bond donors (Lipinski definition) is 5. The minimum Gasteiger partial charge on any atom is -0.454 e. The SMILES string of the molecule is O=C(NCc1ccc(F)cc1)C(=O)N(CCO)CCCNC(=O)c1ccc(Nc2nc(NC3(c4ccc(Cl)cc4)CC3)nc(OCC(F)(F)F)n2)cc1. The molecule has 0 unspecified atom stereocenters. The van der Waals surface area contributed by atoms with Gasteiger partial charge >= 0.3 is 24.0 Å². The van der Waals surface area contributed by atoms with Gasteiger partial charge in [-0.05, 0) is 78.9 Å². The molecule has 18 heteroatoms. The summed E-state index contributed by atoms with van der Waals surface area (Å²) in [5.41, 5.74) is 1.66. The van der Waals surface area contributed by atoms with Gasteiger partial charge in [0.05, 0.1) is 12.1 Å². The highest BCUT2D eigenvalue weighted by Gasteiger charge is 2.45. The fraction of sp³-hybridized carbons (Fsp3) is 0.314. The van der Waals surface area contributed by atoms with E-state index in [9.17, 15) is 37.1 Å². The highest BCUT2D eigenvalue weighted by Crippen LogP contribution is 2.48. The summed E-state index contributed by atoms with van der Waals surface area (Å²) < 4.78 is 56.7. The van der Waals surface area contributed by atoms with E-state index < -0.39 is 47.9 Å². The van der Waals surface area contributed by atoms with Crippen molar-refractivity contribution in [3.8, 4) is 6.01 Å². The average molecular weight is 759 g/mol. The maximum atomic E-state index is 13.1. The molecule has 0 bridgehead atoms. The van der Waals surface area contributed by atoms with Crippen molar-refractivity contribution in [2.45, 2.75) is 37.5 Å². The molecule has 1 aliphatic carbocycles. The van der Waals surface area contributed by atoms with Gasteiger partial charge in [0.2, 0.25) is 11.9 Å². The summed E-state index contributed by atoms with van der Waals surface area (Å²) in [5.74, 6) is -2.72. The number of carbonyl (C=O) groups excluding carboxylic acids is 3. The van der Waals surface area contributed by atoms with Crippen LogP contribution in [0.2, 0.25) is 5.02 Å². The zero-order valence-corrected chi connectivity index (χ0v) is 28.8. The maximum absolute atomic E-state index is 13.1. The molecule has 5 rings (SSSR count). The van der Waals surface area contributed by atoms with Gasteiger partial charge in [0.1, 0.15) is 5.82 Å². The van der Waals surface area contributed by atoms with Crippen molar-refractivity contribution in [1.29, 1.82) is 0 Å². The van der Waals surface area contributed by atoms with Crippen LogP contribution >= 0.6 is 11.6 Å². The predicted molar refractivity (Wildman–Crippen MR) is 186 cm³/mol. The molecule has 280 valence electrons. The minimum absolute atomic E-state index is 0.00648. The molecule has 3 aromatic carbocycles. The van der Waals surface area contributed by atoms with Crippen LogP contribution in [-0.4, -0.2) is 81.7 Å². The number of hydrogen-bond acceptors (Lipinski definition) is 10. The second-order valence-electron chi connectivity index (χ2n) is 12.0. The Kier molecular flexibility index (Phi) is 12.6. The Morgan fingerprint density at radius 3 is 2.21 bits per heavy atom. The zero-order chi connectivity index (χ0) is 38.0. The third-order valence-electron chi connectivity index (χ3n) is 7.99. The normalized spacial score (nSPS) is 13.1. The molecule has 0 radical (unpaired) electrons. The number of aromatic nitrogens is 3. The van der Waals surface area contributed by atoms with Gasteiger partial charge in [-0.15, -0.1) is 0 Å². The van der Waals surface area contributed by atoms with Crippen molar-refractivity contribution in [3.05, 3.63) is 100 Å². The molecule has 0 saturated heterocycles. The number of alkyl halides is 3. The second-order valence-corrected chi connectivity index (χ2v) is 12.5. The monoisotopic (exact) mass is 758 g/mol. The van der Waals surface area contributed by atoms with Gasteiger partial charge in [-0.2, -0.15) is 28.1 Å². The minimum atomic E-state index is -4.62. The van der Waals surface area contributed by atoms with E-state index in [1.54, 1.807) is 24.3 Å². The first kappa shape index (κ1) is 38.7. The molecule has 1 saturated carbocycles. The number of benzene rings is 3. The quantitative estimate of drug-likeness (QED) is 0.0613. The van der Waals surface area contributed by atoms with Gasteiger partial charge in [0, 0.05) is 42.5 Å². The van der Waals surface area contributed by atoms with Crippen LogP contribution < -0.4 is 26.0 Å². The van der Waals surface area contributed by atoms with Crippen LogP contribution in [-0.2, 0) is 21.7 Å². The van der Waals surface area contributed by atoms with Gasteiger partial charge in [0.15, 0.2) is 6.61 Å². The van der Waals surface area contributed by atoms with Crippen molar-refractivity contribution in [2.75, 3.05) is 43.5 Å². The molecule has 3 amide bonds. The molecule has 13 nitrogen and oxygen atoms in total. The number of halogens is 5. The highest BCUT2D eigenvalue weighted by atomic mass is 35.5. The fourth-order valence-electron chi connectivity index (χ4n) is 5.12. The first-order valence-corrected chi connectivity index (χ1v) is 16.8. The number of anilines is 3. The lowest BCUT2D eigenvalue weighted by Crippen LogP contribution is -2.45. The molecule has 5 N–H and O–H groups in total. The van der Waals surface area contributed by atoms with E-state index in [2.05, 4.69) is 36.2 Å². The molecule has 0 atom stereocenters. The van der Waals surface area contributed by atoms with Gasteiger partial charge in [-0.3, -0.25) is 14.4 Å². The molecular formula is C35H35ClF4N8O5. The molecule has 1 heterocycles. The van der Waals surface area contributed by atoms with Crippen molar-refractivity contribution in [1.82, 2.24) is 30.5 Å². The van der Waals surface area contributed by atoms with E-state index in [-0.39, 0.29) is 56.7 Å². The van der Waals surface area contributed by atoms with E-state index in [1.165, 1.54) is 36.4 Å². The number of nitrogens with zero attached hydrogens (tertiary/aromatic N) is 4. The third kappa shape index (κ3) is 11.5. The van der Waals surface area contributed by atoms with Crippen LogP contribution in [0.1, 0.15) is 40.7 Å². The Morgan fingerprint density at radius 2 is 1.57 bits per heavy atom. The summed E-state index contributed by atoms with van der Waals surface area (Å²) in [5, 5.41) is 21.2. The summed E-state index contributed by atoms with van der Waals surface area (Å²) in [6, 6.07) is 18.1. The van der Waals surface area contributed by atoms with Gasteiger partial charge in [0.25, 0.3) is 5.91 Å². The van der Waals surface area contributed by atoms with Crippen molar-refractivity contribution < 1.29 is 41.8 Å². The fourth-order valence-corrected chi connectivity index (χ4v) is 5.25.